The van der Waals surface area contributed by atoms with Gasteiger partial charge in [-0.15, -0.1) is 0 Å². The third-order valence-electron chi connectivity index (χ3n) is 4.05. The average Bonchev–Trinajstić information content (AvgIpc) is 2.61. The van der Waals surface area contributed by atoms with E-state index in [1.807, 2.05) is 36.5 Å². The number of aliphatic imine (C=N–C) groups is 1. The summed E-state index contributed by atoms with van der Waals surface area (Å²) < 4.78 is 0. The highest BCUT2D eigenvalue weighted by Gasteiger charge is 2.15. The van der Waals surface area contributed by atoms with Crippen LogP contribution in [-0.2, 0) is 5.41 Å². The number of hydrogen-bond acceptors (Lipinski definition) is 1. The summed E-state index contributed by atoms with van der Waals surface area (Å²) in [4.78, 5) is 4.61. The van der Waals surface area contributed by atoms with E-state index in [0.29, 0.717) is 0 Å². The predicted molar refractivity (Wildman–Crippen MR) is 104 cm³/mol. The largest absolute Gasteiger partial charge is 0.256 e. The fourth-order valence-corrected chi connectivity index (χ4v) is 2.62. The van der Waals surface area contributed by atoms with Crippen LogP contribution in [0.5, 0.6) is 0 Å². The second kappa shape index (κ2) is 6.84. The van der Waals surface area contributed by atoms with Crippen molar-refractivity contribution in [1.29, 1.82) is 0 Å². The SMILES string of the molecule is CC(C)(C)c1cc(C=Nc2ccccc2)cc(-c2ccccc2)c1. The lowest BCUT2D eigenvalue weighted by atomic mass is 9.84. The Morgan fingerprint density at radius 2 is 1.33 bits per heavy atom. The molecule has 24 heavy (non-hydrogen) atoms. The van der Waals surface area contributed by atoms with Gasteiger partial charge in [-0.3, -0.25) is 4.99 Å². The first-order valence-electron chi connectivity index (χ1n) is 8.32. The molecule has 0 fully saturated rings. The minimum atomic E-state index is 0.0973. The molecule has 1 heteroatoms. The van der Waals surface area contributed by atoms with Gasteiger partial charge in [0.2, 0.25) is 0 Å². The fraction of sp³-hybridized carbons (Fsp3) is 0.174. The maximum atomic E-state index is 4.61. The van der Waals surface area contributed by atoms with E-state index in [2.05, 4.69) is 74.3 Å². The molecule has 0 radical (unpaired) electrons. The first kappa shape index (κ1) is 16.2. The van der Waals surface area contributed by atoms with Gasteiger partial charge in [-0.05, 0) is 51.9 Å². The van der Waals surface area contributed by atoms with Crippen molar-refractivity contribution in [1.82, 2.24) is 0 Å². The van der Waals surface area contributed by atoms with Crippen LogP contribution in [0.2, 0.25) is 0 Å². The molecule has 120 valence electrons. The number of benzene rings is 3. The van der Waals surface area contributed by atoms with Crippen LogP contribution in [0.1, 0.15) is 31.9 Å². The third kappa shape index (κ3) is 3.99. The van der Waals surface area contributed by atoms with Crippen LogP contribution in [0.15, 0.2) is 83.9 Å². The van der Waals surface area contributed by atoms with Crippen molar-refractivity contribution >= 4 is 11.9 Å². The molecule has 0 aromatic heterocycles. The van der Waals surface area contributed by atoms with Crippen molar-refractivity contribution in [3.05, 3.63) is 90.0 Å². The van der Waals surface area contributed by atoms with Gasteiger partial charge >= 0.3 is 0 Å². The Balaban J connectivity index is 2.04. The quantitative estimate of drug-likeness (QED) is 0.496. The second-order valence-electron chi connectivity index (χ2n) is 7.05. The van der Waals surface area contributed by atoms with Crippen molar-refractivity contribution < 1.29 is 0 Å². The maximum Gasteiger partial charge on any atom is 0.0629 e. The average molecular weight is 313 g/mol. The van der Waals surface area contributed by atoms with Crippen LogP contribution in [-0.4, -0.2) is 6.21 Å². The molecule has 0 heterocycles. The van der Waals surface area contributed by atoms with Gasteiger partial charge in [0.15, 0.2) is 0 Å². The molecule has 0 unspecified atom stereocenters. The van der Waals surface area contributed by atoms with Gasteiger partial charge in [0, 0.05) is 6.21 Å². The van der Waals surface area contributed by atoms with E-state index in [4.69, 9.17) is 0 Å². The van der Waals surface area contributed by atoms with E-state index < -0.39 is 0 Å². The van der Waals surface area contributed by atoms with Crippen LogP contribution in [0.25, 0.3) is 11.1 Å². The van der Waals surface area contributed by atoms with Crippen molar-refractivity contribution in [3.63, 3.8) is 0 Å². The first-order chi connectivity index (χ1) is 11.5. The maximum absolute atomic E-state index is 4.61. The molecule has 0 saturated carbocycles. The van der Waals surface area contributed by atoms with E-state index in [1.165, 1.54) is 16.7 Å². The molecule has 3 rings (SSSR count). The lowest BCUT2D eigenvalue weighted by molar-refractivity contribution is 0.590. The van der Waals surface area contributed by atoms with Gasteiger partial charge in [0.1, 0.15) is 0 Å². The molecule has 0 bridgehead atoms. The van der Waals surface area contributed by atoms with Crippen molar-refractivity contribution in [3.8, 4) is 11.1 Å². The van der Waals surface area contributed by atoms with Gasteiger partial charge in [-0.2, -0.15) is 0 Å². The summed E-state index contributed by atoms with van der Waals surface area (Å²) >= 11 is 0. The van der Waals surface area contributed by atoms with Gasteiger partial charge in [0.25, 0.3) is 0 Å². The van der Waals surface area contributed by atoms with E-state index >= 15 is 0 Å². The van der Waals surface area contributed by atoms with E-state index in [-0.39, 0.29) is 5.41 Å². The molecule has 0 atom stereocenters. The third-order valence-corrected chi connectivity index (χ3v) is 4.05. The minimum Gasteiger partial charge on any atom is -0.256 e. The van der Waals surface area contributed by atoms with E-state index in [0.717, 1.165) is 11.3 Å². The summed E-state index contributed by atoms with van der Waals surface area (Å²) in [7, 11) is 0. The Kier molecular flexibility index (Phi) is 4.61. The van der Waals surface area contributed by atoms with Crippen molar-refractivity contribution in [2.45, 2.75) is 26.2 Å². The normalized spacial score (nSPS) is 11.8. The molecular weight excluding hydrogens is 290 g/mol. The van der Waals surface area contributed by atoms with Gasteiger partial charge in [-0.25, -0.2) is 0 Å². The zero-order chi connectivity index (χ0) is 17.0. The Labute approximate surface area is 144 Å². The molecular formula is C23H23N. The molecule has 0 aliphatic carbocycles. The van der Waals surface area contributed by atoms with Crippen LogP contribution in [0, 0.1) is 0 Å². The number of nitrogens with zero attached hydrogens (tertiary/aromatic N) is 1. The lowest BCUT2D eigenvalue weighted by Gasteiger charge is -2.21. The highest BCUT2D eigenvalue weighted by molar-refractivity contribution is 5.85. The van der Waals surface area contributed by atoms with E-state index in [9.17, 15) is 0 Å². The predicted octanol–water partition coefficient (Wildman–Crippen LogP) is 6.40. The second-order valence-corrected chi connectivity index (χ2v) is 7.05. The summed E-state index contributed by atoms with van der Waals surface area (Å²) in [5.41, 5.74) is 5.99. The summed E-state index contributed by atoms with van der Waals surface area (Å²) in [6.45, 7) is 6.74. The van der Waals surface area contributed by atoms with Crippen LogP contribution in [0.3, 0.4) is 0 Å². The number of para-hydroxylation sites is 1. The first-order valence-corrected chi connectivity index (χ1v) is 8.32. The monoisotopic (exact) mass is 313 g/mol. The van der Waals surface area contributed by atoms with Crippen LogP contribution >= 0.6 is 0 Å². The fourth-order valence-electron chi connectivity index (χ4n) is 2.62. The van der Waals surface area contributed by atoms with Crippen molar-refractivity contribution in [2.75, 3.05) is 0 Å². The summed E-state index contributed by atoms with van der Waals surface area (Å²) in [5, 5.41) is 0. The molecule has 0 aliphatic rings. The summed E-state index contributed by atoms with van der Waals surface area (Å²) in [5.74, 6) is 0. The van der Waals surface area contributed by atoms with Crippen LogP contribution < -0.4 is 0 Å². The molecule has 0 aliphatic heterocycles. The minimum absolute atomic E-state index is 0.0973. The zero-order valence-electron chi connectivity index (χ0n) is 14.5. The Morgan fingerprint density at radius 1 is 0.708 bits per heavy atom. The zero-order valence-corrected chi connectivity index (χ0v) is 14.5. The number of hydrogen-bond donors (Lipinski definition) is 0. The van der Waals surface area contributed by atoms with Gasteiger partial charge in [-0.1, -0.05) is 75.4 Å². The Hall–Kier alpha value is -2.67. The molecule has 0 N–H and O–H groups in total. The smallest absolute Gasteiger partial charge is 0.0629 e. The highest BCUT2D eigenvalue weighted by atomic mass is 14.7. The molecule has 0 saturated heterocycles. The highest BCUT2D eigenvalue weighted by Crippen LogP contribution is 2.29. The topological polar surface area (TPSA) is 12.4 Å². The van der Waals surface area contributed by atoms with E-state index in [1.54, 1.807) is 0 Å². The van der Waals surface area contributed by atoms with Crippen LogP contribution in [0.4, 0.5) is 5.69 Å². The molecule has 1 nitrogen and oxygen atoms in total. The standard InChI is InChI=1S/C23H23N/c1-23(2,3)21-15-18(17-24-22-12-8-5-9-13-22)14-20(16-21)19-10-6-4-7-11-19/h4-17H,1-3H3. The molecule has 3 aromatic carbocycles. The lowest BCUT2D eigenvalue weighted by Crippen LogP contribution is -2.11. The number of rotatable bonds is 3. The summed E-state index contributed by atoms with van der Waals surface area (Å²) in [6.07, 6.45) is 1.96. The molecule has 0 amide bonds. The molecule has 0 spiro atoms. The Morgan fingerprint density at radius 3 is 1.96 bits per heavy atom. The molecule has 3 aromatic rings. The Bertz CT molecular complexity index is 825. The van der Waals surface area contributed by atoms with Crippen molar-refractivity contribution in [2.24, 2.45) is 4.99 Å². The van der Waals surface area contributed by atoms with Gasteiger partial charge < -0.3 is 0 Å². The van der Waals surface area contributed by atoms with Gasteiger partial charge in [0.05, 0.1) is 5.69 Å². The summed E-state index contributed by atoms with van der Waals surface area (Å²) in [6, 6.07) is 27.3.